The number of nitrogen functional groups attached to an aromatic ring is 1. The van der Waals surface area contributed by atoms with Crippen molar-refractivity contribution in [2.75, 3.05) is 30.8 Å². The van der Waals surface area contributed by atoms with Crippen LogP contribution in [0, 0.1) is 0 Å². The summed E-state index contributed by atoms with van der Waals surface area (Å²) < 4.78 is 5.03. The molecule has 0 aliphatic carbocycles. The zero-order chi connectivity index (χ0) is 11.5. The van der Waals surface area contributed by atoms with Gasteiger partial charge in [0.1, 0.15) is 5.82 Å². The van der Waals surface area contributed by atoms with Crippen molar-refractivity contribution in [1.29, 1.82) is 0 Å². The molecule has 0 unspecified atom stereocenters. The van der Waals surface area contributed by atoms with Crippen LogP contribution in [0.15, 0.2) is 6.07 Å². The lowest BCUT2D eigenvalue weighted by molar-refractivity contribution is 0.181. The van der Waals surface area contributed by atoms with E-state index in [9.17, 15) is 0 Å². The van der Waals surface area contributed by atoms with E-state index in [2.05, 4.69) is 14.9 Å². The van der Waals surface area contributed by atoms with Crippen molar-refractivity contribution in [2.24, 2.45) is 5.73 Å². The van der Waals surface area contributed by atoms with E-state index in [0.717, 1.165) is 31.0 Å². The molecule has 0 amide bonds. The summed E-state index contributed by atoms with van der Waals surface area (Å²) in [6.45, 7) is 2.19. The van der Waals surface area contributed by atoms with E-state index in [4.69, 9.17) is 16.2 Å². The SMILES string of the molecule is COCc1cc(N2CC[C@@H](N)C2)nc(N)n1. The van der Waals surface area contributed by atoms with Gasteiger partial charge < -0.3 is 21.1 Å². The third-order valence-corrected chi connectivity index (χ3v) is 2.62. The minimum absolute atomic E-state index is 0.224. The number of methoxy groups -OCH3 is 1. The highest BCUT2D eigenvalue weighted by Gasteiger charge is 2.21. The average Bonchev–Trinajstić information content (AvgIpc) is 2.64. The predicted molar refractivity (Wildman–Crippen MR) is 62.0 cm³/mol. The summed E-state index contributed by atoms with van der Waals surface area (Å²) in [5.41, 5.74) is 12.3. The van der Waals surface area contributed by atoms with Crippen LogP contribution >= 0.6 is 0 Å². The Morgan fingerprint density at radius 2 is 2.38 bits per heavy atom. The molecule has 16 heavy (non-hydrogen) atoms. The first kappa shape index (κ1) is 11.1. The van der Waals surface area contributed by atoms with Gasteiger partial charge in [0.2, 0.25) is 5.95 Å². The minimum atomic E-state index is 0.224. The number of nitrogens with two attached hydrogens (primary N) is 2. The maximum atomic E-state index is 5.86. The predicted octanol–water partition coefficient (Wildman–Crippen LogP) is -0.257. The molecule has 0 radical (unpaired) electrons. The maximum absolute atomic E-state index is 5.86. The van der Waals surface area contributed by atoms with Crippen molar-refractivity contribution in [3.8, 4) is 0 Å². The van der Waals surface area contributed by atoms with Crippen LogP contribution < -0.4 is 16.4 Å². The van der Waals surface area contributed by atoms with Gasteiger partial charge >= 0.3 is 0 Å². The second kappa shape index (κ2) is 4.63. The van der Waals surface area contributed by atoms with E-state index in [1.807, 2.05) is 6.07 Å². The minimum Gasteiger partial charge on any atom is -0.378 e. The first-order valence-electron chi connectivity index (χ1n) is 5.32. The van der Waals surface area contributed by atoms with Crippen LogP contribution in [-0.4, -0.2) is 36.2 Å². The Bertz CT molecular complexity index is 370. The van der Waals surface area contributed by atoms with Crippen molar-refractivity contribution >= 4 is 11.8 Å². The largest absolute Gasteiger partial charge is 0.378 e. The van der Waals surface area contributed by atoms with E-state index in [1.165, 1.54) is 0 Å². The van der Waals surface area contributed by atoms with E-state index < -0.39 is 0 Å². The van der Waals surface area contributed by atoms with Gasteiger partial charge in [-0.15, -0.1) is 0 Å². The van der Waals surface area contributed by atoms with Crippen molar-refractivity contribution in [3.63, 3.8) is 0 Å². The summed E-state index contributed by atoms with van der Waals surface area (Å²) in [6.07, 6.45) is 0.990. The second-order valence-electron chi connectivity index (χ2n) is 4.00. The molecule has 1 saturated heterocycles. The van der Waals surface area contributed by atoms with Gasteiger partial charge in [0, 0.05) is 32.3 Å². The summed E-state index contributed by atoms with van der Waals surface area (Å²) in [4.78, 5) is 10.4. The zero-order valence-electron chi connectivity index (χ0n) is 9.39. The maximum Gasteiger partial charge on any atom is 0.222 e. The van der Waals surface area contributed by atoms with Crippen LogP contribution in [0.25, 0.3) is 0 Å². The lowest BCUT2D eigenvalue weighted by atomic mass is 10.3. The number of hydrogen-bond acceptors (Lipinski definition) is 6. The Morgan fingerprint density at radius 1 is 1.56 bits per heavy atom. The molecule has 1 aromatic rings. The third kappa shape index (κ3) is 2.40. The standard InChI is InChI=1S/C10H17N5O/c1-16-6-8-4-9(14-10(12)13-8)15-3-2-7(11)5-15/h4,7H,2-3,5-6,11H2,1H3,(H2,12,13,14)/t7-/m1/s1. The molecule has 1 aromatic heterocycles. The molecule has 2 rings (SSSR count). The molecule has 88 valence electrons. The number of nitrogens with zero attached hydrogens (tertiary/aromatic N) is 3. The van der Waals surface area contributed by atoms with Gasteiger partial charge in [0.05, 0.1) is 12.3 Å². The molecular formula is C10H17N5O. The Hall–Kier alpha value is -1.40. The molecule has 6 nitrogen and oxygen atoms in total. The Labute approximate surface area is 94.6 Å². The Balaban J connectivity index is 2.20. The fourth-order valence-corrected chi connectivity index (χ4v) is 1.88. The lowest BCUT2D eigenvalue weighted by Crippen LogP contribution is -2.27. The molecule has 6 heteroatoms. The first-order valence-corrected chi connectivity index (χ1v) is 5.32. The van der Waals surface area contributed by atoms with Crippen LogP contribution in [0.5, 0.6) is 0 Å². The van der Waals surface area contributed by atoms with Crippen LogP contribution in [0.1, 0.15) is 12.1 Å². The molecule has 0 saturated carbocycles. The fourth-order valence-electron chi connectivity index (χ4n) is 1.88. The normalized spacial score (nSPS) is 20.4. The van der Waals surface area contributed by atoms with E-state index in [-0.39, 0.29) is 12.0 Å². The van der Waals surface area contributed by atoms with Crippen LogP contribution in [0.3, 0.4) is 0 Å². The number of rotatable bonds is 3. The number of hydrogen-bond donors (Lipinski definition) is 2. The highest BCUT2D eigenvalue weighted by Crippen LogP contribution is 2.19. The molecular weight excluding hydrogens is 206 g/mol. The first-order chi connectivity index (χ1) is 7.69. The van der Waals surface area contributed by atoms with E-state index in [0.29, 0.717) is 6.61 Å². The summed E-state index contributed by atoms with van der Waals surface area (Å²) in [5, 5.41) is 0. The lowest BCUT2D eigenvalue weighted by Gasteiger charge is -2.17. The van der Waals surface area contributed by atoms with Gasteiger partial charge in [-0.25, -0.2) is 4.98 Å². The van der Waals surface area contributed by atoms with Crippen molar-refractivity contribution in [3.05, 3.63) is 11.8 Å². The topological polar surface area (TPSA) is 90.3 Å². The summed E-state index contributed by atoms with van der Waals surface area (Å²) in [7, 11) is 1.63. The molecule has 2 heterocycles. The second-order valence-corrected chi connectivity index (χ2v) is 4.00. The molecule has 0 aromatic carbocycles. The molecule has 1 aliphatic heterocycles. The highest BCUT2D eigenvalue weighted by atomic mass is 16.5. The van der Waals surface area contributed by atoms with Gasteiger partial charge in [-0.2, -0.15) is 4.98 Å². The summed E-state index contributed by atoms with van der Waals surface area (Å²) in [5.74, 6) is 1.12. The van der Waals surface area contributed by atoms with Gasteiger partial charge in [-0.1, -0.05) is 0 Å². The monoisotopic (exact) mass is 223 g/mol. The quantitative estimate of drug-likeness (QED) is 0.734. The zero-order valence-corrected chi connectivity index (χ0v) is 9.39. The van der Waals surface area contributed by atoms with E-state index in [1.54, 1.807) is 7.11 Å². The van der Waals surface area contributed by atoms with Gasteiger partial charge in [-0.3, -0.25) is 0 Å². The van der Waals surface area contributed by atoms with E-state index >= 15 is 0 Å². The summed E-state index contributed by atoms with van der Waals surface area (Å²) >= 11 is 0. The fraction of sp³-hybridized carbons (Fsp3) is 0.600. The molecule has 4 N–H and O–H groups in total. The van der Waals surface area contributed by atoms with Crippen molar-refractivity contribution in [2.45, 2.75) is 19.1 Å². The van der Waals surface area contributed by atoms with Gasteiger partial charge in [0.25, 0.3) is 0 Å². The Kier molecular flexibility index (Phi) is 3.21. The average molecular weight is 223 g/mol. The smallest absolute Gasteiger partial charge is 0.222 e. The molecule has 1 fully saturated rings. The molecule has 1 aliphatic rings. The number of ether oxygens (including phenoxy) is 1. The number of anilines is 2. The summed E-state index contributed by atoms with van der Waals surface area (Å²) in [6, 6.07) is 2.12. The van der Waals surface area contributed by atoms with Gasteiger partial charge in [0.15, 0.2) is 0 Å². The van der Waals surface area contributed by atoms with Crippen LogP contribution in [-0.2, 0) is 11.3 Å². The van der Waals surface area contributed by atoms with Gasteiger partial charge in [-0.05, 0) is 6.42 Å². The molecule has 1 atom stereocenters. The van der Waals surface area contributed by atoms with Crippen molar-refractivity contribution in [1.82, 2.24) is 9.97 Å². The third-order valence-electron chi connectivity index (χ3n) is 2.62. The number of aromatic nitrogens is 2. The Morgan fingerprint density at radius 3 is 3.00 bits per heavy atom. The van der Waals surface area contributed by atoms with Crippen LogP contribution in [0.2, 0.25) is 0 Å². The highest BCUT2D eigenvalue weighted by molar-refractivity contribution is 5.44. The molecule has 0 bridgehead atoms. The van der Waals surface area contributed by atoms with Crippen molar-refractivity contribution < 1.29 is 4.74 Å². The van der Waals surface area contributed by atoms with Crippen LogP contribution in [0.4, 0.5) is 11.8 Å². The molecule has 0 spiro atoms.